The highest BCUT2D eigenvalue weighted by atomic mass is 17.2. The molecule has 0 aliphatic carbocycles. The van der Waals surface area contributed by atoms with Crippen molar-refractivity contribution in [3.63, 3.8) is 0 Å². The summed E-state index contributed by atoms with van der Waals surface area (Å²) in [5.74, 6) is -0.856. The molecule has 0 radical (unpaired) electrons. The van der Waals surface area contributed by atoms with Gasteiger partial charge < -0.3 is 9.62 Å². The van der Waals surface area contributed by atoms with Gasteiger partial charge in [0.15, 0.2) is 0 Å². The van der Waals surface area contributed by atoms with Crippen LogP contribution < -0.4 is 0 Å². The second kappa shape index (κ2) is 8.42. The molecule has 0 saturated heterocycles. The predicted octanol–water partition coefficient (Wildman–Crippen LogP) is 3.05. The van der Waals surface area contributed by atoms with Crippen molar-refractivity contribution in [3.8, 4) is 0 Å². The minimum Gasteiger partial charge on any atom is -0.429 e. The Morgan fingerprint density at radius 3 is 2.20 bits per heavy atom. The highest BCUT2D eigenvalue weighted by Crippen LogP contribution is 2.10. The number of hydrogen-bond donors (Lipinski definition) is 0. The van der Waals surface area contributed by atoms with Crippen LogP contribution >= 0.6 is 0 Å². The van der Waals surface area contributed by atoms with Gasteiger partial charge in [0, 0.05) is 0 Å². The summed E-state index contributed by atoms with van der Waals surface area (Å²) in [7, 11) is 0. The van der Waals surface area contributed by atoms with Crippen LogP contribution in [0.15, 0.2) is 11.8 Å². The van der Waals surface area contributed by atoms with Gasteiger partial charge >= 0.3 is 12.1 Å². The first-order valence-electron chi connectivity index (χ1n) is 6.28. The maximum Gasteiger partial charge on any atom is 0.550 e. The molecule has 0 rings (SSSR count). The molecule has 0 N–H and O–H groups in total. The minimum absolute atomic E-state index is 0.145. The molecule has 0 aliphatic rings. The summed E-state index contributed by atoms with van der Waals surface area (Å²) in [6.07, 6.45) is -0.0406. The molecule has 0 amide bonds. The molecule has 0 aromatic rings. The van der Waals surface area contributed by atoms with Crippen LogP contribution in [0.5, 0.6) is 0 Å². The lowest BCUT2D eigenvalue weighted by molar-refractivity contribution is -0.311. The molecule has 0 unspecified atom stereocenters. The van der Waals surface area contributed by atoms with Crippen molar-refractivity contribution in [2.45, 2.75) is 59.7 Å². The molecule has 20 heavy (non-hydrogen) atoms. The summed E-state index contributed by atoms with van der Waals surface area (Å²) in [4.78, 5) is 40.9. The van der Waals surface area contributed by atoms with E-state index < -0.39 is 17.7 Å². The Bertz CT molecular complexity index is 352. The van der Waals surface area contributed by atoms with Crippen molar-refractivity contribution >= 4 is 12.1 Å². The predicted molar refractivity (Wildman–Crippen MR) is 69.1 cm³/mol. The molecule has 116 valence electrons. The highest BCUT2D eigenvalue weighted by molar-refractivity contribution is 5.87. The molecule has 0 aromatic heterocycles. The number of carbonyl (C=O) groups excluding carboxylic acids is 2. The molecule has 0 heterocycles. The summed E-state index contributed by atoms with van der Waals surface area (Å²) in [6, 6.07) is 0. The van der Waals surface area contributed by atoms with E-state index in [0.29, 0.717) is 6.42 Å². The normalized spacial score (nSPS) is 12.1. The molecule has 0 atom stereocenters. The third-order valence-electron chi connectivity index (χ3n) is 1.65. The Hall–Kier alpha value is -1.76. The van der Waals surface area contributed by atoms with Crippen LogP contribution in [0.2, 0.25) is 0 Å². The second-order valence-electron chi connectivity index (χ2n) is 5.16. The van der Waals surface area contributed by atoms with Crippen molar-refractivity contribution in [2.24, 2.45) is 0 Å². The summed E-state index contributed by atoms with van der Waals surface area (Å²) in [5, 5.41) is 0. The Kier molecular flexibility index (Phi) is 7.68. The van der Waals surface area contributed by atoms with Crippen LogP contribution in [0.3, 0.4) is 0 Å². The van der Waals surface area contributed by atoms with Gasteiger partial charge in [-0.25, -0.2) is 14.6 Å². The van der Waals surface area contributed by atoms with Crippen molar-refractivity contribution in [1.29, 1.82) is 0 Å². The van der Waals surface area contributed by atoms with E-state index in [1.165, 1.54) is 0 Å². The fourth-order valence-electron chi connectivity index (χ4n) is 0.840. The molecular formula is C13H22O7. The van der Waals surface area contributed by atoms with Gasteiger partial charge in [-0.3, -0.25) is 0 Å². The molecular weight excluding hydrogens is 268 g/mol. The van der Waals surface area contributed by atoms with Crippen LogP contribution in [0.25, 0.3) is 0 Å². The van der Waals surface area contributed by atoms with E-state index in [9.17, 15) is 9.59 Å². The van der Waals surface area contributed by atoms with Crippen LogP contribution in [-0.4, -0.2) is 23.8 Å². The molecule has 0 saturated carbocycles. The standard InChI is InChI=1S/C13H22O7/c1-7-10(8-16-20-13(4,5)6)11(14)18-19-12(15)17-9(2)3/h8-9H,7H2,1-6H3. The SMILES string of the molecule is CCC(=COOC(C)(C)C)C(=O)OOC(=O)OC(C)C. The lowest BCUT2D eigenvalue weighted by Crippen LogP contribution is -2.19. The Morgan fingerprint density at radius 2 is 1.75 bits per heavy atom. The van der Waals surface area contributed by atoms with Gasteiger partial charge in [0.05, 0.1) is 11.7 Å². The van der Waals surface area contributed by atoms with Gasteiger partial charge in [-0.05, 0) is 41.0 Å². The zero-order valence-electron chi connectivity index (χ0n) is 12.7. The molecule has 0 spiro atoms. The maximum absolute atomic E-state index is 11.6. The smallest absolute Gasteiger partial charge is 0.429 e. The third kappa shape index (κ3) is 9.21. The number of ether oxygens (including phenoxy) is 1. The summed E-state index contributed by atoms with van der Waals surface area (Å²) >= 11 is 0. The van der Waals surface area contributed by atoms with E-state index in [0.717, 1.165) is 6.26 Å². The summed E-state index contributed by atoms with van der Waals surface area (Å²) < 4.78 is 4.63. The molecule has 0 aromatic carbocycles. The van der Waals surface area contributed by atoms with Crippen molar-refractivity contribution < 1.29 is 33.9 Å². The molecule has 0 aliphatic heterocycles. The van der Waals surface area contributed by atoms with Crippen molar-refractivity contribution in [2.75, 3.05) is 0 Å². The van der Waals surface area contributed by atoms with Gasteiger partial charge in [0.25, 0.3) is 0 Å². The van der Waals surface area contributed by atoms with Crippen molar-refractivity contribution in [1.82, 2.24) is 0 Å². The van der Waals surface area contributed by atoms with E-state index in [1.54, 1.807) is 41.5 Å². The Morgan fingerprint density at radius 1 is 1.15 bits per heavy atom. The first-order chi connectivity index (χ1) is 9.15. The van der Waals surface area contributed by atoms with Crippen LogP contribution in [0.4, 0.5) is 4.79 Å². The zero-order chi connectivity index (χ0) is 15.8. The fourth-order valence-corrected chi connectivity index (χ4v) is 0.840. The van der Waals surface area contributed by atoms with Crippen LogP contribution in [-0.2, 0) is 29.1 Å². The van der Waals surface area contributed by atoms with Gasteiger partial charge in [-0.2, -0.15) is 9.68 Å². The van der Waals surface area contributed by atoms with Crippen LogP contribution in [0.1, 0.15) is 48.0 Å². The number of hydrogen-bond acceptors (Lipinski definition) is 7. The van der Waals surface area contributed by atoms with E-state index in [2.05, 4.69) is 14.5 Å². The van der Waals surface area contributed by atoms with Gasteiger partial charge in [-0.15, -0.1) is 0 Å². The van der Waals surface area contributed by atoms with E-state index in [4.69, 9.17) is 9.78 Å². The zero-order valence-corrected chi connectivity index (χ0v) is 12.7. The van der Waals surface area contributed by atoms with Crippen LogP contribution in [0, 0.1) is 0 Å². The van der Waals surface area contributed by atoms with E-state index in [-0.39, 0.29) is 11.7 Å². The topological polar surface area (TPSA) is 80.3 Å². The van der Waals surface area contributed by atoms with Gasteiger partial charge in [0.1, 0.15) is 11.9 Å². The second-order valence-corrected chi connectivity index (χ2v) is 5.16. The highest BCUT2D eigenvalue weighted by Gasteiger charge is 2.17. The van der Waals surface area contributed by atoms with E-state index in [1.807, 2.05) is 0 Å². The summed E-state index contributed by atoms with van der Waals surface area (Å²) in [6.45, 7) is 10.3. The van der Waals surface area contributed by atoms with Crippen molar-refractivity contribution in [3.05, 3.63) is 11.8 Å². The summed E-state index contributed by atoms with van der Waals surface area (Å²) in [5.41, 5.74) is -0.372. The average Bonchev–Trinajstić information content (AvgIpc) is 2.29. The van der Waals surface area contributed by atoms with Gasteiger partial charge in [0.2, 0.25) is 0 Å². The monoisotopic (exact) mass is 290 g/mol. The largest absolute Gasteiger partial charge is 0.550 e. The lowest BCUT2D eigenvalue weighted by atomic mass is 10.2. The molecule has 0 bridgehead atoms. The fraction of sp³-hybridized carbons (Fsp3) is 0.692. The molecule has 0 fully saturated rings. The third-order valence-corrected chi connectivity index (χ3v) is 1.65. The molecule has 7 heteroatoms. The first kappa shape index (κ1) is 18.2. The molecule has 7 nitrogen and oxygen atoms in total. The Labute approximate surface area is 118 Å². The first-order valence-corrected chi connectivity index (χ1v) is 6.28. The minimum atomic E-state index is -1.09. The Balaban J connectivity index is 4.27. The lowest BCUT2D eigenvalue weighted by Gasteiger charge is -2.16. The van der Waals surface area contributed by atoms with Gasteiger partial charge in [-0.1, -0.05) is 6.92 Å². The quantitative estimate of drug-likeness (QED) is 0.253. The maximum atomic E-state index is 11.6. The average molecular weight is 290 g/mol. The van der Waals surface area contributed by atoms with E-state index >= 15 is 0 Å². The number of carbonyl (C=O) groups is 2. The number of rotatable bonds is 5.